The monoisotopic (exact) mass is 324 g/mol. The Labute approximate surface area is 134 Å². The summed E-state index contributed by atoms with van der Waals surface area (Å²) in [7, 11) is 1.47. The minimum Gasteiger partial charge on any atom is -0.494 e. The van der Waals surface area contributed by atoms with Gasteiger partial charge in [-0.25, -0.2) is 4.79 Å². The van der Waals surface area contributed by atoms with E-state index in [0.29, 0.717) is 38.1 Å². The standard InChI is InChI=1S/C15H20N2O6/c1-3-4-15(18)23-22-12-7-8-16(10-12)13-6-5-11(17(19)20)9-14(13)21-2/h5-6,9,12H,3-4,7-8,10H2,1-2H3/t12-/m1/s1. The van der Waals surface area contributed by atoms with Crippen molar-refractivity contribution in [2.24, 2.45) is 0 Å². The molecule has 0 N–H and O–H groups in total. The van der Waals surface area contributed by atoms with E-state index in [1.54, 1.807) is 6.07 Å². The van der Waals surface area contributed by atoms with Gasteiger partial charge in [0, 0.05) is 25.6 Å². The number of nitro groups is 1. The fourth-order valence-electron chi connectivity index (χ4n) is 2.43. The number of benzene rings is 1. The van der Waals surface area contributed by atoms with E-state index in [9.17, 15) is 14.9 Å². The van der Waals surface area contributed by atoms with Gasteiger partial charge in [0.05, 0.1) is 23.8 Å². The van der Waals surface area contributed by atoms with Crippen LogP contribution in [-0.2, 0) is 14.6 Å². The van der Waals surface area contributed by atoms with Crippen LogP contribution in [-0.4, -0.2) is 37.2 Å². The Bertz CT molecular complexity index is 577. The van der Waals surface area contributed by atoms with E-state index >= 15 is 0 Å². The summed E-state index contributed by atoms with van der Waals surface area (Å²) in [6.45, 7) is 3.09. The highest BCUT2D eigenvalue weighted by Crippen LogP contribution is 2.34. The number of carbonyl (C=O) groups is 1. The molecule has 1 aromatic rings. The number of non-ortho nitro benzene ring substituents is 1. The number of methoxy groups -OCH3 is 1. The van der Waals surface area contributed by atoms with E-state index < -0.39 is 4.92 Å². The van der Waals surface area contributed by atoms with Crippen molar-refractivity contribution in [3.8, 4) is 5.75 Å². The maximum Gasteiger partial charge on any atom is 0.342 e. The van der Waals surface area contributed by atoms with Crippen LogP contribution in [0.25, 0.3) is 0 Å². The fraction of sp³-hybridized carbons (Fsp3) is 0.533. The molecule has 0 unspecified atom stereocenters. The van der Waals surface area contributed by atoms with Crippen molar-refractivity contribution < 1.29 is 24.2 Å². The number of anilines is 1. The van der Waals surface area contributed by atoms with Crippen molar-refractivity contribution in [3.63, 3.8) is 0 Å². The van der Waals surface area contributed by atoms with Gasteiger partial charge in [0.1, 0.15) is 11.9 Å². The molecule has 1 aromatic carbocycles. The number of nitrogens with zero attached hydrogens (tertiary/aromatic N) is 2. The summed E-state index contributed by atoms with van der Waals surface area (Å²) in [4.78, 5) is 33.6. The first-order chi connectivity index (χ1) is 11.0. The second-order valence-electron chi connectivity index (χ2n) is 5.27. The Balaban J connectivity index is 1.98. The number of rotatable bonds is 7. The van der Waals surface area contributed by atoms with Crippen molar-refractivity contribution in [1.29, 1.82) is 0 Å². The highest BCUT2D eigenvalue weighted by Gasteiger charge is 2.28. The maximum atomic E-state index is 11.3. The summed E-state index contributed by atoms with van der Waals surface area (Å²) in [5.41, 5.74) is 0.732. The first kappa shape index (κ1) is 17.0. The highest BCUT2D eigenvalue weighted by molar-refractivity contribution is 5.68. The van der Waals surface area contributed by atoms with Crippen LogP contribution in [0.1, 0.15) is 26.2 Å². The minimum atomic E-state index is -0.463. The highest BCUT2D eigenvalue weighted by atomic mass is 17.2. The van der Waals surface area contributed by atoms with Crippen molar-refractivity contribution in [2.45, 2.75) is 32.3 Å². The third-order valence-corrected chi connectivity index (χ3v) is 3.59. The molecule has 0 aliphatic carbocycles. The Kier molecular flexibility index (Phi) is 5.75. The predicted molar refractivity (Wildman–Crippen MR) is 82.4 cm³/mol. The van der Waals surface area contributed by atoms with Gasteiger partial charge in [-0.3, -0.25) is 15.0 Å². The zero-order valence-corrected chi connectivity index (χ0v) is 13.2. The number of hydrogen-bond donors (Lipinski definition) is 0. The summed E-state index contributed by atoms with van der Waals surface area (Å²) in [5.74, 6) is 0.0571. The van der Waals surface area contributed by atoms with Crippen LogP contribution in [0.4, 0.5) is 11.4 Å². The van der Waals surface area contributed by atoms with Crippen LogP contribution in [0.15, 0.2) is 18.2 Å². The van der Waals surface area contributed by atoms with Gasteiger partial charge in [-0.2, -0.15) is 4.89 Å². The molecule has 8 heteroatoms. The molecule has 0 saturated carbocycles. The lowest BCUT2D eigenvalue weighted by atomic mass is 10.2. The second-order valence-corrected chi connectivity index (χ2v) is 5.27. The molecule has 0 bridgehead atoms. The van der Waals surface area contributed by atoms with Gasteiger partial charge in [0.15, 0.2) is 0 Å². The first-order valence-corrected chi connectivity index (χ1v) is 7.48. The molecule has 2 rings (SSSR count). The van der Waals surface area contributed by atoms with E-state index in [1.807, 2.05) is 11.8 Å². The van der Waals surface area contributed by atoms with E-state index in [0.717, 1.165) is 5.69 Å². The van der Waals surface area contributed by atoms with Crippen LogP contribution < -0.4 is 9.64 Å². The molecule has 1 fully saturated rings. The Morgan fingerprint density at radius 2 is 2.26 bits per heavy atom. The number of ether oxygens (including phenoxy) is 1. The lowest BCUT2D eigenvalue weighted by Crippen LogP contribution is -2.24. The zero-order chi connectivity index (χ0) is 16.8. The lowest BCUT2D eigenvalue weighted by Gasteiger charge is -2.20. The topological polar surface area (TPSA) is 91.1 Å². The molecule has 126 valence electrons. The van der Waals surface area contributed by atoms with Gasteiger partial charge in [-0.05, 0) is 18.9 Å². The normalized spacial score (nSPS) is 17.1. The quantitative estimate of drug-likeness (QED) is 0.432. The Hall–Kier alpha value is -2.35. The second kappa shape index (κ2) is 7.77. The summed E-state index contributed by atoms with van der Waals surface area (Å²) < 4.78 is 5.24. The number of carbonyl (C=O) groups excluding carboxylic acids is 1. The zero-order valence-electron chi connectivity index (χ0n) is 13.2. The molecule has 1 saturated heterocycles. The minimum absolute atomic E-state index is 0.0221. The number of hydrogen-bond acceptors (Lipinski definition) is 7. The van der Waals surface area contributed by atoms with Crippen molar-refractivity contribution in [2.75, 3.05) is 25.1 Å². The third kappa shape index (κ3) is 4.32. The summed E-state index contributed by atoms with van der Waals surface area (Å²) >= 11 is 0. The predicted octanol–water partition coefficient (Wildman–Crippen LogP) is 2.46. The molecular weight excluding hydrogens is 304 g/mol. The molecular formula is C15H20N2O6. The molecule has 0 amide bonds. The van der Waals surface area contributed by atoms with Crippen LogP contribution >= 0.6 is 0 Å². The van der Waals surface area contributed by atoms with Crippen molar-refractivity contribution in [3.05, 3.63) is 28.3 Å². The molecule has 23 heavy (non-hydrogen) atoms. The first-order valence-electron chi connectivity index (χ1n) is 7.48. The Morgan fingerprint density at radius 1 is 1.48 bits per heavy atom. The number of nitro benzene ring substituents is 1. The van der Waals surface area contributed by atoms with E-state index in [1.165, 1.54) is 19.2 Å². The van der Waals surface area contributed by atoms with Gasteiger partial charge in [0.2, 0.25) is 0 Å². The van der Waals surface area contributed by atoms with Gasteiger partial charge in [0.25, 0.3) is 5.69 Å². The van der Waals surface area contributed by atoms with Crippen LogP contribution in [0.2, 0.25) is 0 Å². The van der Waals surface area contributed by atoms with Crippen LogP contribution in [0.3, 0.4) is 0 Å². The molecule has 1 aliphatic heterocycles. The van der Waals surface area contributed by atoms with Crippen molar-refractivity contribution >= 4 is 17.3 Å². The lowest BCUT2D eigenvalue weighted by molar-refractivity contribution is -0.384. The van der Waals surface area contributed by atoms with E-state index in [-0.39, 0.29) is 17.8 Å². The largest absolute Gasteiger partial charge is 0.494 e. The third-order valence-electron chi connectivity index (χ3n) is 3.59. The van der Waals surface area contributed by atoms with E-state index in [2.05, 4.69) is 0 Å². The Morgan fingerprint density at radius 3 is 2.91 bits per heavy atom. The fourth-order valence-corrected chi connectivity index (χ4v) is 2.43. The van der Waals surface area contributed by atoms with Gasteiger partial charge < -0.3 is 9.64 Å². The van der Waals surface area contributed by atoms with Crippen molar-refractivity contribution in [1.82, 2.24) is 0 Å². The maximum absolute atomic E-state index is 11.3. The molecule has 0 radical (unpaired) electrons. The van der Waals surface area contributed by atoms with E-state index in [4.69, 9.17) is 14.5 Å². The smallest absolute Gasteiger partial charge is 0.342 e. The average Bonchev–Trinajstić information content (AvgIpc) is 3.01. The summed E-state index contributed by atoms with van der Waals surface area (Å²) in [6, 6.07) is 4.49. The average molecular weight is 324 g/mol. The van der Waals surface area contributed by atoms with Gasteiger partial charge >= 0.3 is 5.97 Å². The summed E-state index contributed by atoms with van der Waals surface area (Å²) in [6.07, 6.45) is 1.50. The molecule has 1 aliphatic rings. The molecule has 0 aromatic heterocycles. The molecule has 1 atom stereocenters. The summed E-state index contributed by atoms with van der Waals surface area (Å²) in [5, 5.41) is 10.8. The molecule has 1 heterocycles. The molecule has 8 nitrogen and oxygen atoms in total. The van der Waals surface area contributed by atoms with Crippen LogP contribution in [0.5, 0.6) is 5.75 Å². The van der Waals surface area contributed by atoms with Crippen LogP contribution in [0, 0.1) is 10.1 Å². The van der Waals surface area contributed by atoms with Gasteiger partial charge in [-0.1, -0.05) is 6.92 Å². The van der Waals surface area contributed by atoms with Gasteiger partial charge in [-0.15, -0.1) is 0 Å². The molecule has 0 spiro atoms. The SMILES string of the molecule is CCCC(=O)OO[C@@H]1CCN(c2ccc([N+](=O)[O-])cc2OC)C1.